The lowest BCUT2D eigenvalue weighted by Gasteiger charge is -2.04. The molecule has 0 spiro atoms. The van der Waals surface area contributed by atoms with Crippen molar-refractivity contribution in [3.05, 3.63) is 35.1 Å². The molecule has 0 aliphatic carbocycles. The summed E-state index contributed by atoms with van der Waals surface area (Å²) in [5.74, 6) is 0.372. The molecule has 0 atom stereocenters. The van der Waals surface area contributed by atoms with Gasteiger partial charge in [-0.25, -0.2) is 0 Å². The molecule has 1 heterocycles. The largest absolute Gasteiger partial charge is 0.422 e. The van der Waals surface area contributed by atoms with Crippen LogP contribution < -0.4 is 4.74 Å². The van der Waals surface area contributed by atoms with Crippen LogP contribution in [0.15, 0.2) is 24.5 Å². The van der Waals surface area contributed by atoms with E-state index < -0.39 is 0 Å². The van der Waals surface area contributed by atoms with Gasteiger partial charge in [-0.05, 0) is 25.1 Å². The third-order valence-electron chi connectivity index (χ3n) is 2.12. The number of aromatic nitrogens is 3. The molecule has 0 fully saturated rings. The molecule has 0 N–H and O–H groups in total. The van der Waals surface area contributed by atoms with Gasteiger partial charge in [-0.2, -0.15) is 4.98 Å². The molecule has 2 rings (SSSR count). The predicted molar refractivity (Wildman–Crippen MR) is 62.5 cm³/mol. The monoisotopic (exact) mass is 251 g/mol. The standard InChI is InChI=1S/C11H10ClN3O2/c1-7(16)8-3-4-10(9(12)5-8)17-11-13-6-15(2)14-11/h3-6H,1-2H3. The van der Waals surface area contributed by atoms with E-state index >= 15 is 0 Å². The second-order valence-corrected chi connectivity index (χ2v) is 3.91. The van der Waals surface area contributed by atoms with Crippen LogP contribution in [-0.2, 0) is 7.05 Å². The summed E-state index contributed by atoms with van der Waals surface area (Å²) < 4.78 is 6.90. The molecule has 0 bridgehead atoms. The smallest absolute Gasteiger partial charge is 0.341 e. The lowest BCUT2D eigenvalue weighted by molar-refractivity contribution is 0.101. The number of ether oxygens (including phenoxy) is 1. The second kappa shape index (κ2) is 4.55. The first-order valence-corrected chi connectivity index (χ1v) is 5.28. The molecule has 0 amide bonds. The second-order valence-electron chi connectivity index (χ2n) is 3.50. The number of benzene rings is 1. The quantitative estimate of drug-likeness (QED) is 0.787. The minimum Gasteiger partial charge on any atom is -0.422 e. The van der Waals surface area contributed by atoms with Gasteiger partial charge in [-0.1, -0.05) is 11.6 Å². The van der Waals surface area contributed by atoms with E-state index in [2.05, 4.69) is 10.1 Å². The van der Waals surface area contributed by atoms with Crippen molar-refractivity contribution < 1.29 is 9.53 Å². The SMILES string of the molecule is CC(=O)c1ccc(Oc2ncn(C)n2)c(Cl)c1. The Morgan fingerprint density at radius 3 is 2.76 bits per heavy atom. The van der Waals surface area contributed by atoms with Crippen LogP contribution in [0.4, 0.5) is 0 Å². The van der Waals surface area contributed by atoms with Crippen LogP contribution >= 0.6 is 11.6 Å². The number of nitrogens with zero attached hydrogens (tertiary/aromatic N) is 3. The van der Waals surface area contributed by atoms with E-state index in [0.29, 0.717) is 16.3 Å². The van der Waals surface area contributed by atoms with Crippen LogP contribution in [-0.4, -0.2) is 20.5 Å². The zero-order chi connectivity index (χ0) is 12.4. The molecule has 0 aliphatic rings. The summed E-state index contributed by atoms with van der Waals surface area (Å²) in [4.78, 5) is 15.1. The van der Waals surface area contributed by atoms with Crippen molar-refractivity contribution in [1.82, 2.24) is 14.8 Å². The number of hydrogen-bond acceptors (Lipinski definition) is 4. The van der Waals surface area contributed by atoms with Gasteiger partial charge in [0, 0.05) is 12.6 Å². The fourth-order valence-corrected chi connectivity index (χ4v) is 1.49. The molecule has 1 aromatic heterocycles. The molecule has 2 aromatic rings. The summed E-state index contributed by atoms with van der Waals surface area (Å²) in [5, 5.41) is 4.31. The van der Waals surface area contributed by atoms with Crippen molar-refractivity contribution >= 4 is 17.4 Å². The van der Waals surface area contributed by atoms with Crippen LogP contribution in [0, 0.1) is 0 Å². The van der Waals surface area contributed by atoms with Gasteiger partial charge in [-0.15, -0.1) is 5.10 Å². The number of hydrogen-bond donors (Lipinski definition) is 0. The molecular formula is C11H10ClN3O2. The topological polar surface area (TPSA) is 57.0 Å². The van der Waals surface area contributed by atoms with E-state index in [1.54, 1.807) is 25.2 Å². The van der Waals surface area contributed by atoms with Crippen LogP contribution in [0.2, 0.25) is 5.02 Å². The molecule has 17 heavy (non-hydrogen) atoms. The maximum Gasteiger partial charge on any atom is 0.341 e. The van der Waals surface area contributed by atoms with Crippen molar-refractivity contribution in [3.63, 3.8) is 0 Å². The third kappa shape index (κ3) is 2.62. The molecule has 0 radical (unpaired) electrons. The fourth-order valence-electron chi connectivity index (χ4n) is 1.27. The Hall–Kier alpha value is -1.88. The molecular weight excluding hydrogens is 242 g/mol. The highest BCUT2D eigenvalue weighted by Gasteiger charge is 2.08. The molecule has 6 heteroatoms. The number of aryl methyl sites for hydroxylation is 1. The first kappa shape index (κ1) is 11.6. The number of ketones is 1. The van der Waals surface area contributed by atoms with Crippen molar-refractivity contribution in [2.45, 2.75) is 6.92 Å². The van der Waals surface area contributed by atoms with Gasteiger partial charge in [0.05, 0.1) is 5.02 Å². The first-order valence-electron chi connectivity index (χ1n) is 4.90. The number of halogens is 1. The zero-order valence-electron chi connectivity index (χ0n) is 9.35. The molecule has 0 aliphatic heterocycles. The van der Waals surface area contributed by atoms with E-state index in [1.165, 1.54) is 17.9 Å². The molecule has 0 saturated carbocycles. The highest BCUT2D eigenvalue weighted by Crippen LogP contribution is 2.28. The summed E-state index contributed by atoms with van der Waals surface area (Å²) in [7, 11) is 1.74. The zero-order valence-corrected chi connectivity index (χ0v) is 10.1. The van der Waals surface area contributed by atoms with Gasteiger partial charge in [0.25, 0.3) is 0 Å². The Bertz CT molecular complexity index is 566. The van der Waals surface area contributed by atoms with Crippen molar-refractivity contribution in [3.8, 4) is 11.8 Å². The maximum atomic E-state index is 11.1. The van der Waals surface area contributed by atoms with Crippen LogP contribution in [0.1, 0.15) is 17.3 Å². The highest BCUT2D eigenvalue weighted by atomic mass is 35.5. The summed E-state index contributed by atoms with van der Waals surface area (Å²) in [5.41, 5.74) is 0.538. The average molecular weight is 252 g/mol. The number of carbonyl (C=O) groups excluding carboxylic acids is 1. The molecule has 5 nitrogen and oxygen atoms in total. The first-order chi connectivity index (χ1) is 8.06. The maximum absolute atomic E-state index is 11.1. The van der Waals surface area contributed by atoms with Gasteiger partial charge in [0.15, 0.2) is 5.78 Å². The average Bonchev–Trinajstić information content (AvgIpc) is 2.67. The molecule has 88 valence electrons. The normalized spacial score (nSPS) is 10.3. The molecule has 1 aromatic carbocycles. The van der Waals surface area contributed by atoms with Crippen LogP contribution in [0.5, 0.6) is 11.8 Å². The number of rotatable bonds is 3. The van der Waals surface area contributed by atoms with Crippen LogP contribution in [0.3, 0.4) is 0 Å². The fraction of sp³-hybridized carbons (Fsp3) is 0.182. The van der Waals surface area contributed by atoms with E-state index in [0.717, 1.165) is 0 Å². The summed E-state index contributed by atoms with van der Waals surface area (Å²) in [6, 6.07) is 5.04. The number of Topliss-reactive ketones (excluding diaryl/α,β-unsaturated/α-hetero) is 1. The van der Waals surface area contributed by atoms with E-state index in [9.17, 15) is 4.79 Å². The Morgan fingerprint density at radius 1 is 1.47 bits per heavy atom. The summed E-state index contributed by atoms with van der Waals surface area (Å²) >= 11 is 5.99. The lowest BCUT2D eigenvalue weighted by atomic mass is 10.1. The Morgan fingerprint density at radius 2 is 2.24 bits per heavy atom. The van der Waals surface area contributed by atoms with Crippen LogP contribution in [0.25, 0.3) is 0 Å². The van der Waals surface area contributed by atoms with E-state index in [-0.39, 0.29) is 11.8 Å². The number of carbonyl (C=O) groups is 1. The lowest BCUT2D eigenvalue weighted by Crippen LogP contribution is -1.94. The van der Waals surface area contributed by atoms with Crippen molar-refractivity contribution in [2.24, 2.45) is 7.05 Å². The summed E-state index contributed by atoms with van der Waals surface area (Å²) in [6.45, 7) is 1.48. The van der Waals surface area contributed by atoms with E-state index in [4.69, 9.17) is 16.3 Å². The molecule has 0 saturated heterocycles. The Labute approximate surface area is 103 Å². The Kier molecular flexibility index (Phi) is 3.10. The molecule has 0 unspecified atom stereocenters. The predicted octanol–water partition coefficient (Wildman–Crippen LogP) is 2.46. The van der Waals surface area contributed by atoms with Crippen molar-refractivity contribution in [1.29, 1.82) is 0 Å². The minimum absolute atomic E-state index is 0.0468. The van der Waals surface area contributed by atoms with Gasteiger partial charge in [-0.3, -0.25) is 9.48 Å². The highest BCUT2D eigenvalue weighted by molar-refractivity contribution is 6.32. The van der Waals surface area contributed by atoms with Gasteiger partial charge in [0.2, 0.25) is 0 Å². The summed E-state index contributed by atoms with van der Waals surface area (Å²) in [6.07, 6.45) is 1.52. The minimum atomic E-state index is -0.0468. The third-order valence-corrected chi connectivity index (χ3v) is 2.41. The van der Waals surface area contributed by atoms with Crippen molar-refractivity contribution in [2.75, 3.05) is 0 Å². The van der Waals surface area contributed by atoms with Gasteiger partial charge in [0.1, 0.15) is 12.1 Å². The van der Waals surface area contributed by atoms with E-state index in [1.807, 2.05) is 0 Å². The Balaban J connectivity index is 2.25. The van der Waals surface area contributed by atoms with Gasteiger partial charge >= 0.3 is 6.01 Å². The van der Waals surface area contributed by atoms with Gasteiger partial charge < -0.3 is 4.74 Å².